The van der Waals surface area contributed by atoms with Gasteiger partial charge in [0.15, 0.2) is 5.82 Å². The highest BCUT2D eigenvalue weighted by Gasteiger charge is 2.22. The summed E-state index contributed by atoms with van der Waals surface area (Å²) in [5.41, 5.74) is 3.90. The van der Waals surface area contributed by atoms with Crippen LogP contribution in [0.4, 0.5) is 16.3 Å². The van der Waals surface area contributed by atoms with E-state index in [-0.39, 0.29) is 6.03 Å². The Morgan fingerprint density at radius 1 is 0.844 bits per heavy atom. The average molecular weight is 424 g/mol. The number of piperazine rings is 1. The van der Waals surface area contributed by atoms with Gasteiger partial charge in [-0.2, -0.15) is 0 Å². The van der Waals surface area contributed by atoms with Gasteiger partial charge in [0, 0.05) is 37.4 Å². The van der Waals surface area contributed by atoms with E-state index in [0.717, 1.165) is 41.4 Å². The second-order valence-electron chi connectivity index (χ2n) is 8.08. The Balaban J connectivity index is 1.24. The molecule has 32 heavy (non-hydrogen) atoms. The molecule has 0 aliphatic carbocycles. The second-order valence-corrected chi connectivity index (χ2v) is 8.08. The fraction of sp³-hybridized carbons (Fsp3) is 0.192. The lowest BCUT2D eigenvalue weighted by atomic mass is 10.0. The van der Waals surface area contributed by atoms with E-state index >= 15 is 0 Å². The van der Waals surface area contributed by atoms with Crippen molar-refractivity contribution in [3.8, 4) is 11.3 Å². The summed E-state index contributed by atoms with van der Waals surface area (Å²) in [5.74, 6) is 0.840. The number of nitrogens with one attached hydrogen (secondary N) is 1. The number of hydrogen-bond donors (Lipinski definition) is 1. The van der Waals surface area contributed by atoms with Crippen LogP contribution in [0.2, 0.25) is 0 Å². The van der Waals surface area contributed by atoms with Crippen molar-refractivity contribution in [2.45, 2.75) is 6.92 Å². The van der Waals surface area contributed by atoms with E-state index in [1.807, 2.05) is 66.4 Å². The molecule has 0 radical (unpaired) electrons. The summed E-state index contributed by atoms with van der Waals surface area (Å²) in [7, 11) is 0. The minimum absolute atomic E-state index is 0.0624. The first kappa shape index (κ1) is 20.0. The molecule has 2 amide bonds. The molecule has 0 bridgehead atoms. The second kappa shape index (κ2) is 8.67. The third-order valence-electron chi connectivity index (χ3n) is 5.88. The molecule has 0 saturated carbocycles. The highest BCUT2D eigenvalue weighted by Crippen LogP contribution is 2.27. The number of benzene rings is 3. The molecule has 6 heteroatoms. The number of rotatable bonds is 3. The molecule has 2 heterocycles. The van der Waals surface area contributed by atoms with E-state index < -0.39 is 0 Å². The van der Waals surface area contributed by atoms with E-state index in [0.29, 0.717) is 13.1 Å². The third-order valence-corrected chi connectivity index (χ3v) is 5.88. The number of fused-ring (bicyclic) bond motifs is 1. The van der Waals surface area contributed by atoms with Gasteiger partial charge in [0.25, 0.3) is 0 Å². The van der Waals surface area contributed by atoms with Crippen LogP contribution in [0.15, 0.2) is 78.9 Å². The lowest BCUT2D eigenvalue weighted by molar-refractivity contribution is 0.208. The van der Waals surface area contributed by atoms with Gasteiger partial charge in [-0.05, 0) is 47.5 Å². The number of carbonyl (C=O) groups is 1. The maximum absolute atomic E-state index is 12.6. The van der Waals surface area contributed by atoms with Crippen LogP contribution in [0.25, 0.3) is 22.0 Å². The quantitative estimate of drug-likeness (QED) is 0.506. The van der Waals surface area contributed by atoms with Crippen molar-refractivity contribution in [1.29, 1.82) is 0 Å². The molecule has 1 fully saturated rings. The number of nitrogens with zero attached hydrogens (tertiary/aromatic N) is 4. The Morgan fingerprint density at radius 2 is 1.62 bits per heavy atom. The molecule has 1 aliphatic rings. The zero-order valence-electron chi connectivity index (χ0n) is 18.0. The summed E-state index contributed by atoms with van der Waals surface area (Å²) in [6.07, 6.45) is 0. The van der Waals surface area contributed by atoms with E-state index in [9.17, 15) is 4.79 Å². The number of amides is 2. The van der Waals surface area contributed by atoms with Crippen LogP contribution in [0.5, 0.6) is 0 Å². The minimum atomic E-state index is -0.0624. The standard InChI is InChI=1S/C26H25N5O/c1-19-6-4-9-21(18-19)27-26(32)31-16-14-30(15-17-31)25-13-12-24(28-29-25)23-11-5-8-20-7-2-3-10-22(20)23/h2-13,18H,14-17H2,1H3,(H,27,32). The van der Waals surface area contributed by atoms with Gasteiger partial charge >= 0.3 is 6.03 Å². The van der Waals surface area contributed by atoms with E-state index in [1.54, 1.807) is 0 Å². The van der Waals surface area contributed by atoms with Crippen LogP contribution in [-0.4, -0.2) is 47.3 Å². The Kier molecular flexibility index (Phi) is 5.42. The molecule has 5 rings (SSSR count). The third kappa shape index (κ3) is 4.12. The summed E-state index contributed by atoms with van der Waals surface area (Å²) in [4.78, 5) is 16.6. The van der Waals surface area contributed by atoms with Gasteiger partial charge in [0.1, 0.15) is 0 Å². The van der Waals surface area contributed by atoms with Crippen molar-refractivity contribution in [3.05, 3.63) is 84.4 Å². The molecule has 0 unspecified atom stereocenters. The summed E-state index contributed by atoms with van der Waals surface area (Å²) in [6.45, 7) is 4.75. The highest BCUT2D eigenvalue weighted by atomic mass is 16.2. The Morgan fingerprint density at radius 3 is 2.41 bits per heavy atom. The molecule has 1 N–H and O–H groups in total. The van der Waals surface area contributed by atoms with Gasteiger partial charge in [0.2, 0.25) is 0 Å². The van der Waals surface area contributed by atoms with E-state index in [2.05, 4.69) is 44.7 Å². The lowest BCUT2D eigenvalue weighted by Crippen LogP contribution is -2.50. The predicted octanol–water partition coefficient (Wildman–Crippen LogP) is 4.96. The van der Waals surface area contributed by atoms with Gasteiger partial charge in [0.05, 0.1) is 5.69 Å². The molecule has 0 spiro atoms. The van der Waals surface area contributed by atoms with Crippen molar-refractivity contribution in [1.82, 2.24) is 15.1 Å². The van der Waals surface area contributed by atoms with Crippen molar-refractivity contribution < 1.29 is 4.79 Å². The molecular formula is C26H25N5O. The van der Waals surface area contributed by atoms with E-state index in [1.165, 1.54) is 10.8 Å². The number of anilines is 2. The van der Waals surface area contributed by atoms with Crippen molar-refractivity contribution >= 4 is 28.3 Å². The monoisotopic (exact) mass is 423 g/mol. The average Bonchev–Trinajstić information content (AvgIpc) is 2.84. The number of carbonyl (C=O) groups excluding carboxylic acids is 1. The fourth-order valence-corrected chi connectivity index (χ4v) is 4.15. The summed E-state index contributed by atoms with van der Waals surface area (Å²) >= 11 is 0. The minimum Gasteiger partial charge on any atom is -0.352 e. The van der Waals surface area contributed by atoms with Crippen LogP contribution >= 0.6 is 0 Å². The number of aryl methyl sites for hydroxylation is 1. The Bertz CT molecular complexity index is 1240. The lowest BCUT2D eigenvalue weighted by Gasteiger charge is -2.35. The van der Waals surface area contributed by atoms with Crippen molar-refractivity contribution in [3.63, 3.8) is 0 Å². The van der Waals surface area contributed by atoms with Gasteiger partial charge in [-0.25, -0.2) is 4.79 Å². The Hall–Kier alpha value is -3.93. The molecule has 4 aromatic rings. The molecule has 0 atom stereocenters. The van der Waals surface area contributed by atoms with E-state index in [4.69, 9.17) is 0 Å². The number of aromatic nitrogens is 2. The van der Waals surface area contributed by atoms with Gasteiger partial charge in [-0.1, -0.05) is 54.6 Å². The van der Waals surface area contributed by atoms with Crippen LogP contribution in [0.3, 0.4) is 0 Å². The molecule has 160 valence electrons. The first-order valence-corrected chi connectivity index (χ1v) is 10.9. The predicted molar refractivity (Wildman–Crippen MR) is 129 cm³/mol. The number of urea groups is 1. The maximum atomic E-state index is 12.6. The largest absolute Gasteiger partial charge is 0.352 e. The molecule has 1 aliphatic heterocycles. The highest BCUT2D eigenvalue weighted by molar-refractivity contribution is 5.95. The first-order chi connectivity index (χ1) is 15.7. The van der Waals surface area contributed by atoms with Gasteiger partial charge < -0.3 is 15.1 Å². The van der Waals surface area contributed by atoms with Crippen molar-refractivity contribution in [2.24, 2.45) is 0 Å². The normalized spacial score (nSPS) is 13.9. The summed E-state index contributed by atoms with van der Waals surface area (Å²) in [6, 6.07) is 26.4. The van der Waals surface area contributed by atoms with Gasteiger partial charge in [-0.15, -0.1) is 10.2 Å². The smallest absolute Gasteiger partial charge is 0.321 e. The molecule has 1 aromatic heterocycles. The summed E-state index contributed by atoms with van der Waals surface area (Å²) in [5, 5.41) is 14.3. The zero-order valence-corrected chi connectivity index (χ0v) is 18.0. The van der Waals surface area contributed by atoms with Crippen LogP contribution in [0.1, 0.15) is 5.56 Å². The SMILES string of the molecule is Cc1cccc(NC(=O)N2CCN(c3ccc(-c4cccc5ccccc45)nn3)CC2)c1. The summed E-state index contributed by atoms with van der Waals surface area (Å²) < 4.78 is 0. The zero-order chi connectivity index (χ0) is 21.9. The topological polar surface area (TPSA) is 61.4 Å². The first-order valence-electron chi connectivity index (χ1n) is 10.9. The molecule has 1 saturated heterocycles. The van der Waals surface area contributed by atoms with Crippen LogP contribution in [-0.2, 0) is 0 Å². The Labute approximate surface area is 187 Å². The number of hydrogen-bond acceptors (Lipinski definition) is 4. The van der Waals surface area contributed by atoms with Crippen molar-refractivity contribution in [2.75, 3.05) is 36.4 Å². The van der Waals surface area contributed by atoms with Gasteiger partial charge in [-0.3, -0.25) is 0 Å². The van der Waals surface area contributed by atoms with Crippen LogP contribution in [0, 0.1) is 6.92 Å². The fourth-order valence-electron chi connectivity index (χ4n) is 4.15. The van der Waals surface area contributed by atoms with Crippen LogP contribution < -0.4 is 10.2 Å². The molecule has 6 nitrogen and oxygen atoms in total. The molecular weight excluding hydrogens is 398 g/mol. The molecule has 3 aromatic carbocycles. The maximum Gasteiger partial charge on any atom is 0.321 e.